The maximum atomic E-state index is 6.74. The summed E-state index contributed by atoms with van der Waals surface area (Å²) in [7, 11) is -0.411. The number of nitrogens with zero attached hydrogens (tertiary/aromatic N) is 4. The Morgan fingerprint density at radius 3 is 2.23 bits per heavy atom. The molecule has 0 atom stereocenters. The maximum absolute atomic E-state index is 6.74. The summed E-state index contributed by atoms with van der Waals surface area (Å²) in [6, 6.07) is 42.7. The van der Waals surface area contributed by atoms with Crippen molar-refractivity contribution in [3.05, 3.63) is 156 Å². The summed E-state index contributed by atoms with van der Waals surface area (Å²) in [6.07, 6.45) is 5.53. The van der Waals surface area contributed by atoms with Crippen molar-refractivity contribution >= 4 is 35.1 Å². The van der Waals surface area contributed by atoms with Gasteiger partial charge in [0.2, 0.25) is 0 Å². The van der Waals surface area contributed by atoms with Crippen LogP contribution in [0.3, 0.4) is 0 Å². The molecule has 0 radical (unpaired) electrons. The van der Waals surface area contributed by atoms with Crippen LogP contribution in [0.1, 0.15) is 62.4 Å². The van der Waals surface area contributed by atoms with Crippen LogP contribution in [0, 0.1) is 32.3 Å². The predicted octanol–water partition coefficient (Wildman–Crippen LogP) is 8.97. The first-order valence-corrected chi connectivity index (χ1v) is 17.8. The van der Waals surface area contributed by atoms with Gasteiger partial charge in [0.15, 0.2) is 0 Å². The third kappa shape index (κ3) is 5.68. The zero-order chi connectivity index (χ0) is 35.9. The molecule has 8 heteroatoms. The molecule has 2 aliphatic heterocycles. The molecule has 266 valence electrons. The number of hydrogen-bond acceptors (Lipinski definition) is 4. The van der Waals surface area contributed by atoms with Crippen LogP contribution in [-0.2, 0) is 31.9 Å². The summed E-state index contributed by atoms with van der Waals surface area (Å²) in [4.78, 5) is 7.03. The van der Waals surface area contributed by atoms with Crippen molar-refractivity contribution in [2.24, 2.45) is 0 Å². The second-order valence-electron chi connectivity index (χ2n) is 15.4. The van der Waals surface area contributed by atoms with Crippen LogP contribution in [0.15, 0.2) is 109 Å². The number of rotatable bonds is 5. The number of benzene rings is 5. The Morgan fingerprint density at radius 2 is 1.49 bits per heavy atom. The molecule has 0 spiro atoms. The fourth-order valence-corrected chi connectivity index (χ4v) is 7.79. The van der Waals surface area contributed by atoms with Gasteiger partial charge in [0, 0.05) is 44.5 Å². The van der Waals surface area contributed by atoms with Gasteiger partial charge in [-0.3, -0.25) is 4.57 Å². The van der Waals surface area contributed by atoms with E-state index < -0.39 is 7.05 Å². The van der Waals surface area contributed by atoms with Crippen molar-refractivity contribution in [3.63, 3.8) is 0 Å². The van der Waals surface area contributed by atoms with Gasteiger partial charge in [0.1, 0.15) is 5.82 Å². The minimum atomic E-state index is -0.411. The van der Waals surface area contributed by atoms with E-state index in [-0.39, 0.29) is 31.9 Å². The van der Waals surface area contributed by atoms with Crippen molar-refractivity contribution in [1.29, 1.82) is 0 Å². The number of aromatic nitrogens is 3. The van der Waals surface area contributed by atoms with E-state index in [1.807, 2.05) is 30.5 Å². The molecule has 0 amide bonds. The van der Waals surface area contributed by atoms with Crippen LogP contribution in [-0.4, -0.2) is 16.6 Å². The van der Waals surface area contributed by atoms with E-state index in [2.05, 4.69) is 160 Å². The molecule has 4 heterocycles. The first-order valence-electron chi connectivity index (χ1n) is 17.8. The maximum Gasteiger partial charge on any atom is 0.511 e. The summed E-state index contributed by atoms with van der Waals surface area (Å²) in [5, 5.41) is 0. The Labute approximate surface area is 326 Å². The standard InChI is InChI=1S/C45H39BN4O2.Pt/c1-29-13-11-14-30(2)42(29)46-50(41-25-31(23-24-47-41)44(3,4)5)39-27-34(20-22-40(39)52-46)51-33-19-21-35-38(26-33)49-28-48(32-15-9-8-10-16-32)37-18-12-17-36(43(37)49)45(35,6)7;/h8-25H,1-7H3;/q-2;. The van der Waals surface area contributed by atoms with Crippen LogP contribution in [0.25, 0.3) is 22.4 Å². The molecule has 5 aromatic carbocycles. The third-order valence-electron chi connectivity index (χ3n) is 10.6. The van der Waals surface area contributed by atoms with E-state index in [1.54, 1.807) is 0 Å². The van der Waals surface area contributed by atoms with Crippen molar-refractivity contribution < 1.29 is 35.0 Å². The molecular formula is C45H39BN4O2Pt-2. The average molecular weight is 874 g/mol. The van der Waals surface area contributed by atoms with Crippen LogP contribution in [0.4, 0.5) is 11.5 Å². The monoisotopic (exact) mass is 873 g/mol. The Balaban J connectivity index is 0.00000400. The van der Waals surface area contributed by atoms with Gasteiger partial charge in [0.05, 0.1) is 16.7 Å². The normalized spacial score (nSPS) is 14.0. The molecule has 0 saturated carbocycles. The fraction of sp³-hybridized carbons (Fsp3) is 0.200. The topological polar surface area (TPSA) is 43.4 Å². The molecule has 2 aliphatic rings. The molecule has 6 nitrogen and oxygen atoms in total. The minimum absolute atomic E-state index is 0. The third-order valence-corrected chi connectivity index (χ3v) is 10.6. The minimum Gasteiger partial charge on any atom is -0.599 e. The molecule has 7 aromatic rings. The van der Waals surface area contributed by atoms with E-state index in [0.717, 1.165) is 61.8 Å². The van der Waals surface area contributed by atoms with Gasteiger partial charge in [-0.25, -0.2) is 4.98 Å². The zero-order valence-corrected chi connectivity index (χ0v) is 33.2. The van der Waals surface area contributed by atoms with Gasteiger partial charge in [-0.1, -0.05) is 100 Å². The second-order valence-corrected chi connectivity index (χ2v) is 15.4. The predicted molar refractivity (Wildman–Crippen MR) is 207 cm³/mol. The largest absolute Gasteiger partial charge is 0.599 e. The van der Waals surface area contributed by atoms with Crippen LogP contribution in [0.5, 0.6) is 17.2 Å². The molecule has 53 heavy (non-hydrogen) atoms. The number of imidazole rings is 1. The quantitative estimate of drug-likeness (QED) is 0.0985. The Bertz CT molecular complexity index is 2520. The number of ether oxygens (including phenoxy) is 1. The van der Waals surface area contributed by atoms with Gasteiger partial charge in [-0.05, 0) is 76.9 Å². The summed E-state index contributed by atoms with van der Waals surface area (Å²) < 4.78 is 17.6. The molecule has 2 aromatic heterocycles. The number of anilines is 2. The smallest absolute Gasteiger partial charge is 0.511 e. The Kier molecular flexibility index (Phi) is 8.42. The average Bonchev–Trinajstić information content (AvgIpc) is 3.70. The molecule has 0 N–H and O–H groups in total. The summed E-state index contributed by atoms with van der Waals surface area (Å²) in [5.41, 5.74) is 11.7. The van der Waals surface area contributed by atoms with Gasteiger partial charge in [-0.15, -0.1) is 35.9 Å². The molecular weight excluding hydrogens is 834 g/mol. The van der Waals surface area contributed by atoms with E-state index in [4.69, 9.17) is 14.4 Å². The van der Waals surface area contributed by atoms with Gasteiger partial charge >= 0.3 is 7.05 Å². The number of fused-ring (bicyclic) bond motifs is 3. The summed E-state index contributed by atoms with van der Waals surface area (Å²) in [6.45, 7) is 15.5. The molecule has 0 aliphatic carbocycles. The van der Waals surface area contributed by atoms with Crippen LogP contribution in [0.2, 0.25) is 0 Å². The van der Waals surface area contributed by atoms with Gasteiger partial charge in [-0.2, -0.15) is 6.07 Å². The van der Waals surface area contributed by atoms with Crippen molar-refractivity contribution in [2.45, 2.75) is 59.3 Å². The Morgan fingerprint density at radius 1 is 0.792 bits per heavy atom. The number of para-hydroxylation sites is 2. The van der Waals surface area contributed by atoms with Crippen LogP contribution >= 0.6 is 0 Å². The van der Waals surface area contributed by atoms with Crippen LogP contribution < -0.4 is 24.2 Å². The summed E-state index contributed by atoms with van der Waals surface area (Å²) >= 11 is 0. The molecule has 0 fully saturated rings. The van der Waals surface area contributed by atoms with Crippen molar-refractivity contribution in [3.8, 4) is 28.6 Å². The molecule has 0 saturated heterocycles. The SMILES string of the molecule is Cc1cccc(C)c1B1Oc2ccc(Oc3[c-]c4c(cc3)C(C)(C)c3cccc5c3n-4[c-][n+]5-c3ccccc3)[c-]c2N1c1cc(C(C)(C)C)ccn1.[Pt]. The van der Waals surface area contributed by atoms with Crippen molar-refractivity contribution in [1.82, 2.24) is 9.55 Å². The first kappa shape index (κ1) is 34.9. The van der Waals surface area contributed by atoms with E-state index >= 15 is 0 Å². The fourth-order valence-electron chi connectivity index (χ4n) is 7.79. The zero-order valence-electron chi connectivity index (χ0n) is 30.9. The molecule has 9 rings (SSSR count). The van der Waals surface area contributed by atoms with E-state index in [0.29, 0.717) is 11.5 Å². The van der Waals surface area contributed by atoms with Crippen molar-refractivity contribution in [2.75, 3.05) is 4.81 Å². The van der Waals surface area contributed by atoms with Gasteiger partial charge in [0.25, 0.3) is 6.33 Å². The molecule has 0 unspecified atom stereocenters. The Hall–Kier alpha value is -5.13. The summed E-state index contributed by atoms with van der Waals surface area (Å²) in [5.74, 6) is 2.68. The van der Waals surface area contributed by atoms with Gasteiger partial charge < -0.3 is 18.8 Å². The number of hydrogen-bond donors (Lipinski definition) is 0. The number of aryl methyl sites for hydroxylation is 2. The number of pyridine rings is 1. The van der Waals surface area contributed by atoms with E-state index in [1.165, 1.54) is 11.1 Å². The van der Waals surface area contributed by atoms with E-state index in [9.17, 15) is 0 Å². The molecule has 0 bridgehead atoms. The second kappa shape index (κ2) is 12.8. The first-order chi connectivity index (χ1) is 25.0.